The summed E-state index contributed by atoms with van der Waals surface area (Å²) in [6.45, 7) is 0.0489. The van der Waals surface area contributed by atoms with Crippen LogP contribution in [0.2, 0.25) is 0 Å². The van der Waals surface area contributed by atoms with Gasteiger partial charge in [-0.05, 0) is 24.3 Å². The molecule has 0 saturated carbocycles. The van der Waals surface area contributed by atoms with Crippen LogP contribution in [0, 0.1) is 11.3 Å². The van der Waals surface area contributed by atoms with Gasteiger partial charge in [0.05, 0.1) is 28.0 Å². The molecule has 1 N–H and O–H groups in total. The Labute approximate surface area is 134 Å². The fourth-order valence-corrected chi connectivity index (χ4v) is 3.52. The van der Waals surface area contributed by atoms with Crippen LogP contribution < -0.4 is 4.72 Å². The molecular weight excluding hydrogens is 312 g/mol. The van der Waals surface area contributed by atoms with E-state index < -0.39 is 10.0 Å². The summed E-state index contributed by atoms with van der Waals surface area (Å²) in [4.78, 5) is 4.40. The maximum absolute atomic E-state index is 12.4. The number of hydrogen-bond acceptors (Lipinski definition) is 4. The maximum atomic E-state index is 12.4. The number of nitriles is 1. The molecule has 0 radical (unpaired) electrons. The van der Waals surface area contributed by atoms with E-state index in [1.807, 2.05) is 41.9 Å². The van der Waals surface area contributed by atoms with Gasteiger partial charge in [-0.1, -0.05) is 24.3 Å². The van der Waals surface area contributed by atoms with Gasteiger partial charge < -0.3 is 4.57 Å². The first kappa shape index (κ1) is 15.2. The second kappa shape index (κ2) is 5.83. The Balaban J connectivity index is 1.90. The third-order valence-electron chi connectivity index (χ3n) is 3.60. The summed E-state index contributed by atoms with van der Waals surface area (Å²) in [6, 6.07) is 15.6. The fourth-order valence-electron chi connectivity index (χ4n) is 2.38. The fraction of sp³-hybridized carbons (Fsp3) is 0.125. The molecule has 0 aliphatic carbocycles. The van der Waals surface area contributed by atoms with Crippen molar-refractivity contribution in [2.75, 3.05) is 0 Å². The predicted octanol–water partition coefficient (Wildman–Crippen LogP) is 1.92. The number of para-hydroxylation sites is 2. The standard InChI is InChI=1S/C16H14N4O2S/c1-20-14-8-4-3-7-13(14)19-16(20)11-18-23(21,22)15-9-5-2-6-12(15)10-17/h2-9,18H,11H2,1H3. The lowest BCUT2D eigenvalue weighted by Gasteiger charge is -2.08. The molecule has 1 aromatic heterocycles. The average molecular weight is 326 g/mol. The number of nitrogens with zero attached hydrogens (tertiary/aromatic N) is 3. The summed E-state index contributed by atoms with van der Waals surface area (Å²) in [7, 11) is -1.95. The number of nitrogens with one attached hydrogen (secondary N) is 1. The van der Waals surface area contributed by atoms with E-state index in [0.717, 1.165) is 11.0 Å². The monoisotopic (exact) mass is 326 g/mol. The summed E-state index contributed by atoms with van der Waals surface area (Å²) in [5.74, 6) is 0.601. The molecule has 23 heavy (non-hydrogen) atoms. The average Bonchev–Trinajstić information content (AvgIpc) is 2.89. The van der Waals surface area contributed by atoms with Crippen molar-refractivity contribution in [1.29, 1.82) is 5.26 Å². The van der Waals surface area contributed by atoms with Crippen LogP contribution in [-0.4, -0.2) is 18.0 Å². The Hall–Kier alpha value is -2.69. The molecular formula is C16H14N4O2S. The van der Waals surface area contributed by atoms with Crippen LogP contribution >= 0.6 is 0 Å². The van der Waals surface area contributed by atoms with Crippen LogP contribution in [0.1, 0.15) is 11.4 Å². The highest BCUT2D eigenvalue weighted by Gasteiger charge is 2.19. The lowest BCUT2D eigenvalue weighted by Crippen LogP contribution is -2.25. The van der Waals surface area contributed by atoms with E-state index in [4.69, 9.17) is 5.26 Å². The first-order valence-corrected chi connectivity index (χ1v) is 8.40. The molecule has 0 unspecified atom stereocenters. The highest BCUT2D eigenvalue weighted by atomic mass is 32.2. The van der Waals surface area contributed by atoms with Gasteiger partial charge in [-0.3, -0.25) is 0 Å². The quantitative estimate of drug-likeness (QED) is 0.793. The molecule has 0 atom stereocenters. The van der Waals surface area contributed by atoms with Crippen molar-refractivity contribution >= 4 is 21.1 Å². The zero-order valence-corrected chi connectivity index (χ0v) is 13.2. The van der Waals surface area contributed by atoms with Gasteiger partial charge in [-0.2, -0.15) is 5.26 Å². The zero-order chi connectivity index (χ0) is 16.4. The minimum Gasteiger partial charge on any atom is -0.330 e. The molecule has 2 aromatic carbocycles. The lowest BCUT2D eigenvalue weighted by molar-refractivity contribution is 0.577. The summed E-state index contributed by atoms with van der Waals surface area (Å²) >= 11 is 0. The van der Waals surface area contributed by atoms with Crippen LogP contribution in [0.15, 0.2) is 53.4 Å². The van der Waals surface area contributed by atoms with Crippen LogP contribution in [0.25, 0.3) is 11.0 Å². The second-order valence-corrected chi connectivity index (χ2v) is 6.74. The number of imidazole rings is 1. The molecule has 3 rings (SSSR count). The Kier molecular flexibility index (Phi) is 3.86. The Morgan fingerprint density at radius 1 is 1.17 bits per heavy atom. The zero-order valence-electron chi connectivity index (χ0n) is 12.4. The molecule has 0 aliphatic rings. The van der Waals surface area contributed by atoms with Gasteiger partial charge in [0.2, 0.25) is 10.0 Å². The van der Waals surface area contributed by atoms with Gasteiger partial charge in [0.15, 0.2) is 0 Å². The number of aromatic nitrogens is 2. The van der Waals surface area contributed by atoms with E-state index in [0.29, 0.717) is 5.82 Å². The number of rotatable bonds is 4. The largest absolute Gasteiger partial charge is 0.330 e. The molecule has 0 saturated heterocycles. The van der Waals surface area contributed by atoms with Gasteiger partial charge in [0.25, 0.3) is 0 Å². The van der Waals surface area contributed by atoms with Crippen molar-refractivity contribution < 1.29 is 8.42 Å². The van der Waals surface area contributed by atoms with Gasteiger partial charge in [0.1, 0.15) is 11.9 Å². The molecule has 0 amide bonds. The topological polar surface area (TPSA) is 87.8 Å². The van der Waals surface area contributed by atoms with Crippen LogP contribution in [0.4, 0.5) is 0 Å². The number of fused-ring (bicyclic) bond motifs is 1. The molecule has 7 heteroatoms. The summed E-state index contributed by atoms with van der Waals surface area (Å²) in [5, 5.41) is 9.05. The van der Waals surface area contributed by atoms with E-state index in [1.165, 1.54) is 12.1 Å². The van der Waals surface area contributed by atoms with Crippen molar-refractivity contribution in [3.05, 3.63) is 59.9 Å². The van der Waals surface area contributed by atoms with Crippen LogP contribution in [0.3, 0.4) is 0 Å². The molecule has 0 spiro atoms. The SMILES string of the molecule is Cn1c(CNS(=O)(=O)c2ccccc2C#N)nc2ccccc21. The van der Waals surface area contributed by atoms with Gasteiger partial charge in [0, 0.05) is 7.05 Å². The molecule has 0 aliphatic heterocycles. The van der Waals surface area contributed by atoms with E-state index in [9.17, 15) is 8.42 Å². The normalized spacial score (nSPS) is 11.5. The number of hydrogen-bond donors (Lipinski definition) is 1. The highest BCUT2D eigenvalue weighted by molar-refractivity contribution is 7.89. The maximum Gasteiger partial charge on any atom is 0.242 e. The first-order chi connectivity index (χ1) is 11.0. The van der Waals surface area contributed by atoms with Crippen molar-refractivity contribution in [3.63, 3.8) is 0 Å². The number of benzene rings is 2. The van der Waals surface area contributed by atoms with Crippen molar-refractivity contribution in [1.82, 2.24) is 14.3 Å². The third-order valence-corrected chi connectivity index (χ3v) is 5.06. The Bertz CT molecular complexity index is 1020. The van der Waals surface area contributed by atoms with Crippen LogP contribution in [0.5, 0.6) is 0 Å². The van der Waals surface area contributed by atoms with Crippen molar-refractivity contribution in [2.24, 2.45) is 7.05 Å². The molecule has 3 aromatic rings. The summed E-state index contributed by atoms with van der Waals surface area (Å²) in [5.41, 5.74) is 1.85. The third kappa shape index (κ3) is 2.82. The van der Waals surface area contributed by atoms with E-state index >= 15 is 0 Å². The minimum absolute atomic E-state index is 0.0266. The van der Waals surface area contributed by atoms with Gasteiger partial charge >= 0.3 is 0 Å². The molecule has 1 heterocycles. The van der Waals surface area contributed by atoms with Crippen molar-refractivity contribution in [2.45, 2.75) is 11.4 Å². The number of sulfonamides is 1. The second-order valence-electron chi connectivity index (χ2n) is 5.01. The van der Waals surface area contributed by atoms with Gasteiger partial charge in [-0.15, -0.1) is 0 Å². The Morgan fingerprint density at radius 2 is 1.87 bits per heavy atom. The van der Waals surface area contributed by atoms with E-state index in [1.54, 1.807) is 12.1 Å². The van der Waals surface area contributed by atoms with Crippen LogP contribution in [-0.2, 0) is 23.6 Å². The van der Waals surface area contributed by atoms with E-state index in [-0.39, 0.29) is 17.0 Å². The minimum atomic E-state index is -3.78. The van der Waals surface area contributed by atoms with Gasteiger partial charge in [-0.25, -0.2) is 18.1 Å². The lowest BCUT2D eigenvalue weighted by atomic mass is 10.2. The molecule has 0 bridgehead atoms. The smallest absolute Gasteiger partial charge is 0.242 e. The highest BCUT2D eigenvalue weighted by Crippen LogP contribution is 2.17. The van der Waals surface area contributed by atoms with E-state index in [2.05, 4.69) is 9.71 Å². The number of aryl methyl sites for hydroxylation is 1. The summed E-state index contributed by atoms with van der Waals surface area (Å²) < 4.78 is 29.2. The molecule has 116 valence electrons. The first-order valence-electron chi connectivity index (χ1n) is 6.92. The summed E-state index contributed by atoms with van der Waals surface area (Å²) in [6.07, 6.45) is 0. The molecule has 6 nitrogen and oxygen atoms in total. The molecule has 0 fully saturated rings. The van der Waals surface area contributed by atoms with Crippen molar-refractivity contribution in [3.8, 4) is 6.07 Å². The Morgan fingerprint density at radius 3 is 2.61 bits per heavy atom. The predicted molar refractivity (Wildman–Crippen MR) is 85.9 cm³/mol.